The second-order valence-electron chi connectivity index (χ2n) is 4.94. The minimum atomic E-state index is 0.128. The van der Waals surface area contributed by atoms with Crippen LogP contribution >= 0.6 is 0 Å². The van der Waals surface area contributed by atoms with Gasteiger partial charge in [-0.25, -0.2) is 4.63 Å². The van der Waals surface area contributed by atoms with Crippen LogP contribution in [0.3, 0.4) is 0 Å². The van der Waals surface area contributed by atoms with E-state index in [9.17, 15) is 0 Å². The van der Waals surface area contributed by atoms with E-state index in [0.717, 1.165) is 36.4 Å². The maximum atomic E-state index is 6.14. The van der Waals surface area contributed by atoms with Crippen LogP contribution in [-0.4, -0.2) is 10.3 Å². The molecule has 1 aliphatic carbocycles. The summed E-state index contributed by atoms with van der Waals surface area (Å²) in [7, 11) is 0. The number of rotatable bonds is 3. The van der Waals surface area contributed by atoms with E-state index in [1.165, 1.54) is 11.1 Å². The molecule has 100 valence electrons. The summed E-state index contributed by atoms with van der Waals surface area (Å²) in [6.45, 7) is 2.21. The van der Waals surface area contributed by atoms with Crippen molar-refractivity contribution in [1.29, 1.82) is 0 Å². The molecule has 1 aromatic heterocycles. The standard InChI is InChI=1S/C14H17N3O2/c1-9-14(17-19-16-9)8-18-11-6-5-10-3-2-4-13(15)12(10)7-11/h5-7,13H,2-4,8,15H2,1H3/t13-/m1/s1. The Morgan fingerprint density at radius 2 is 2.32 bits per heavy atom. The van der Waals surface area contributed by atoms with Gasteiger partial charge in [0.15, 0.2) is 0 Å². The monoisotopic (exact) mass is 259 g/mol. The normalized spacial score (nSPS) is 18.1. The molecule has 1 aromatic carbocycles. The molecule has 0 fully saturated rings. The largest absolute Gasteiger partial charge is 0.487 e. The molecule has 5 heteroatoms. The van der Waals surface area contributed by atoms with Crippen LogP contribution in [0.2, 0.25) is 0 Å². The molecule has 2 N–H and O–H groups in total. The highest BCUT2D eigenvalue weighted by Gasteiger charge is 2.17. The Balaban J connectivity index is 1.75. The molecule has 1 heterocycles. The molecular formula is C14H17N3O2. The van der Waals surface area contributed by atoms with E-state index in [-0.39, 0.29) is 6.04 Å². The van der Waals surface area contributed by atoms with E-state index in [0.29, 0.717) is 6.61 Å². The Kier molecular flexibility index (Phi) is 3.21. The minimum absolute atomic E-state index is 0.128. The van der Waals surface area contributed by atoms with Crippen LogP contribution < -0.4 is 10.5 Å². The van der Waals surface area contributed by atoms with Gasteiger partial charge >= 0.3 is 0 Å². The van der Waals surface area contributed by atoms with Crippen molar-refractivity contribution >= 4 is 0 Å². The van der Waals surface area contributed by atoms with Gasteiger partial charge in [0.2, 0.25) is 0 Å². The van der Waals surface area contributed by atoms with Gasteiger partial charge in [-0.3, -0.25) is 0 Å². The highest BCUT2D eigenvalue weighted by molar-refractivity contribution is 5.39. The van der Waals surface area contributed by atoms with Gasteiger partial charge in [-0.1, -0.05) is 16.4 Å². The van der Waals surface area contributed by atoms with Crippen LogP contribution in [0.5, 0.6) is 5.75 Å². The predicted octanol–water partition coefficient (Wildman–Crippen LogP) is 2.29. The zero-order valence-electron chi connectivity index (χ0n) is 10.9. The van der Waals surface area contributed by atoms with Gasteiger partial charge in [0.05, 0.1) is 0 Å². The Labute approximate surface area is 111 Å². The number of benzene rings is 1. The number of ether oxygens (including phenoxy) is 1. The first-order valence-corrected chi connectivity index (χ1v) is 6.53. The van der Waals surface area contributed by atoms with Crippen LogP contribution in [0, 0.1) is 6.92 Å². The molecule has 0 aliphatic heterocycles. The third kappa shape index (κ3) is 2.46. The summed E-state index contributed by atoms with van der Waals surface area (Å²) in [6.07, 6.45) is 3.32. The number of aryl methyl sites for hydroxylation is 2. The summed E-state index contributed by atoms with van der Waals surface area (Å²) < 4.78 is 10.4. The molecule has 1 atom stereocenters. The highest BCUT2D eigenvalue weighted by atomic mass is 16.6. The second kappa shape index (κ2) is 5.01. The average Bonchev–Trinajstić information content (AvgIpc) is 2.83. The van der Waals surface area contributed by atoms with Crippen molar-refractivity contribution in [3.8, 4) is 5.75 Å². The molecule has 0 saturated heterocycles. The van der Waals surface area contributed by atoms with E-state index < -0.39 is 0 Å². The summed E-state index contributed by atoms with van der Waals surface area (Å²) in [4.78, 5) is 0. The molecule has 0 amide bonds. The number of hydrogen-bond donors (Lipinski definition) is 1. The quantitative estimate of drug-likeness (QED) is 0.915. The molecule has 0 bridgehead atoms. The van der Waals surface area contributed by atoms with Crippen LogP contribution in [0.15, 0.2) is 22.8 Å². The molecule has 0 radical (unpaired) electrons. The fraction of sp³-hybridized carbons (Fsp3) is 0.429. The molecular weight excluding hydrogens is 242 g/mol. The highest BCUT2D eigenvalue weighted by Crippen LogP contribution is 2.31. The first-order valence-electron chi connectivity index (χ1n) is 6.53. The lowest BCUT2D eigenvalue weighted by atomic mass is 9.88. The first kappa shape index (κ1) is 12.2. The number of aromatic nitrogens is 2. The molecule has 5 nitrogen and oxygen atoms in total. The second-order valence-corrected chi connectivity index (χ2v) is 4.94. The lowest BCUT2D eigenvalue weighted by Gasteiger charge is -2.22. The first-order chi connectivity index (χ1) is 9.24. The molecule has 1 aliphatic rings. The molecule has 2 aromatic rings. The lowest BCUT2D eigenvalue weighted by Crippen LogP contribution is -2.17. The van der Waals surface area contributed by atoms with Crippen molar-refractivity contribution in [3.05, 3.63) is 40.7 Å². The summed E-state index contributed by atoms with van der Waals surface area (Å²) in [5, 5.41) is 7.52. The zero-order valence-corrected chi connectivity index (χ0v) is 10.9. The van der Waals surface area contributed by atoms with E-state index >= 15 is 0 Å². The van der Waals surface area contributed by atoms with Crippen molar-refractivity contribution in [2.45, 2.75) is 38.8 Å². The van der Waals surface area contributed by atoms with Gasteiger partial charge in [-0.05, 0) is 49.4 Å². The van der Waals surface area contributed by atoms with E-state index in [1.54, 1.807) is 0 Å². The number of fused-ring (bicyclic) bond motifs is 1. The van der Waals surface area contributed by atoms with Gasteiger partial charge in [-0.15, -0.1) is 0 Å². The smallest absolute Gasteiger partial charge is 0.145 e. The SMILES string of the molecule is Cc1nonc1COc1ccc2c(c1)[C@H](N)CCC2. The lowest BCUT2D eigenvalue weighted by molar-refractivity contribution is 0.269. The fourth-order valence-corrected chi connectivity index (χ4v) is 2.44. The summed E-state index contributed by atoms with van der Waals surface area (Å²) in [5.41, 5.74) is 10.2. The maximum absolute atomic E-state index is 6.14. The van der Waals surface area contributed by atoms with Crippen molar-refractivity contribution < 1.29 is 9.37 Å². The Morgan fingerprint density at radius 3 is 3.11 bits per heavy atom. The van der Waals surface area contributed by atoms with Crippen molar-refractivity contribution in [3.63, 3.8) is 0 Å². The third-order valence-electron chi connectivity index (χ3n) is 3.60. The van der Waals surface area contributed by atoms with Crippen LogP contribution in [-0.2, 0) is 13.0 Å². The van der Waals surface area contributed by atoms with Gasteiger partial charge in [-0.2, -0.15) is 0 Å². The Morgan fingerprint density at radius 1 is 1.42 bits per heavy atom. The van der Waals surface area contributed by atoms with E-state index in [1.807, 2.05) is 19.1 Å². The summed E-state index contributed by atoms with van der Waals surface area (Å²) >= 11 is 0. The van der Waals surface area contributed by atoms with Crippen molar-refractivity contribution in [2.24, 2.45) is 5.73 Å². The van der Waals surface area contributed by atoms with Gasteiger partial charge < -0.3 is 10.5 Å². The Hall–Kier alpha value is -1.88. The Bertz CT molecular complexity index is 580. The third-order valence-corrected chi connectivity index (χ3v) is 3.60. The van der Waals surface area contributed by atoms with Crippen molar-refractivity contribution in [1.82, 2.24) is 10.3 Å². The molecule has 0 spiro atoms. The number of nitrogens with two attached hydrogens (primary N) is 1. The van der Waals surface area contributed by atoms with Crippen LogP contribution in [0.4, 0.5) is 0 Å². The topological polar surface area (TPSA) is 74.2 Å². The molecule has 19 heavy (non-hydrogen) atoms. The zero-order chi connectivity index (χ0) is 13.2. The number of nitrogens with zero attached hydrogens (tertiary/aromatic N) is 2. The predicted molar refractivity (Wildman–Crippen MR) is 69.7 cm³/mol. The minimum Gasteiger partial charge on any atom is -0.487 e. The van der Waals surface area contributed by atoms with Gasteiger partial charge in [0, 0.05) is 6.04 Å². The molecule has 0 unspecified atom stereocenters. The molecule has 0 saturated carbocycles. The van der Waals surface area contributed by atoms with E-state index in [4.69, 9.17) is 10.5 Å². The van der Waals surface area contributed by atoms with E-state index in [2.05, 4.69) is 21.0 Å². The summed E-state index contributed by atoms with van der Waals surface area (Å²) in [6, 6.07) is 6.27. The number of hydrogen-bond acceptors (Lipinski definition) is 5. The fourth-order valence-electron chi connectivity index (χ4n) is 2.44. The van der Waals surface area contributed by atoms with Crippen LogP contribution in [0.1, 0.15) is 41.4 Å². The maximum Gasteiger partial charge on any atom is 0.145 e. The van der Waals surface area contributed by atoms with Crippen LogP contribution in [0.25, 0.3) is 0 Å². The average molecular weight is 259 g/mol. The van der Waals surface area contributed by atoms with Gasteiger partial charge in [0.1, 0.15) is 23.7 Å². The summed E-state index contributed by atoms with van der Waals surface area (Å²) in [5.74, 6) is 0.818. The molecule has 3 rings (SSSR count). The van der Waals surface area contributed by atoms with Crippen molar-refractivity contribution in [2.75, 3.05) is 0 Å². The van der Waals surface area contributed by atoms with Gasteiger partial charge in [0.25, 0.3) is 0 Å².